The van der Waals surface area contributed by atoms with Crippen molar-refractivity contribution in [2.75, 3.05) is 5.75 Å². The molecule has 0 bridgehead atoms. The van der Waals surface area contributed by atoms with Gasteiger partial charge in [-0.1, -0.05) is 19.1 Å². The molecule has 0 N–H and O–H groups in total. The van der Waals surface area contributed by atoms with Crippen molar-refractivity contribution in [2.45, 2.75) is 13.8 Å². The van der Waals surface area contributed by atoms with Crippen LogP contribution in [0.2, 0.25) is 0 Å². The highest BCUT2D eigenvalue weighted by Crippen LogP contribution is 2.29. The fourth-order valence-corrected chi connectivity index (χ4v) is 2.18. The molecular formula is C12H13NO3S. The maximum atomic E-state index is 11.1. The summed E-state index contributed by atoms with van der Waals surface area (Å²) in [7, 11) is 0. The predicted octanol–water partition coefficient (Wildman–Crippen LogP) is 3.28. The van der Waals surface area contributed by atoms with E-state index in [2.05, 4.69) is 0 Å². The van der Waals surface area contributed by atoms with Crippen LogP contribution in [-0.2, 0) is 4.79 Å². The summed E-state index contributed by atoms with van der Waals surface area (Å²) in [4.78, 5) is 22.1. The van der Waals surface area contributed by atoms with E-state index in [4.69, 9.17) is 0 Å². The zero-order chi connectivity index (χ0) is 12.8. The molecule has 0 saturated carbocycles. The average molecular weight is 251 g/mol. The smallest absolute Gasteiger partial charge is 0.270 e. The third-order valence-electron chi connectivity index (χ3n) is 1.98. The molecule has 0 spiro atoms. The Morgan fingerprint density at radius 3 is 2.76 bits per heavy atom. The van der Waals surface area contributed by atoms with E-state index in [0.29, 0.717) is 5.56 Å². The number of carbonyl (C=O) groups excluding carboxylic acids is 1. The first-order valence-corrected chi connectivity index (χ1v) is 6.13. The minimum atomic E-state index is -0.439. The minimum absolute atomic E-state index is 0.0358. The third-order valence-corrected chi connectivity index (χ3v) is 2.93. The van der Waals surface area contributed by atoms with Gasteiger partial charge >= 0.3 is 0 Å². The average Bonchev–Trinajstić information content (AvgIpc) is 2.28. The van der Waals surface area contributed by atoms with Crippen molar-refractivity contribution in [1.82, 2.24) is 0 Å². The number of nitrogens with zero attached hydrogens (tertiary/aromatic N) is 1. The molecule has 0 aliphatic rings. The monoisotopic (exact) mass is 251 g/mol. The fraction of sp³-hybridized carbons (Fsp3) is 0.250. The van der Waals surface area contributed by atoms with Crippen LogP contribution in [0.5, 0.6) is 0 Å². The standard InChI is InChI=1S/C12H13NO3S/c1-3-17-12(7-9(2)14)10-5-4-6-11(8-10)13(15)16/h4-8H,3H2,1-2H3/b12-7+. The number of allylic oxidation sites excluding steroid dienone is 1. The van der Waals surface area contributed by atoms with Crippen molar-refractivity contribution in [2.24, 2.45) is 0 Å². The second-order valence-corrected chi connectivity index (χ2v) is 4.67. The second-order valence-electron chi connectivity index (χ2n) is 3.36. The summed E-state index contributed by atoms with van der Waals surface area (Å²) < 4.78 is 0. The number of hydrogen-bond donors (Lipinski definition) is 0. The number of carbonyl (C=O) groups is 1. The zero-order valence-electron chi connectivity index (χ0n) is 9.67. The van der Waals surface area contributed by atoms with Gasteiger partial charge in [-0.2, -0.15) is 0 Å². The summed E-state index contributed by atoms with van der Waals surface area (Å²) in [5.74, 6) is 0.745. The van der Waals surface area contributed by atoms with E-state index in [1.165, 1.54) is 36.9 Å². The predicted molar refractivity (Wildman–Crippen MR) is 69.9 cm³/mol. The van der Waals surface area contributed by atoms with Crippen LogP contribution < -0.4 is 0 Å². The van der Waals surface area contributed by atoms with Gasteiger partial charge in [0.2, 0.25) is 0 Å². The van der Waals surface area contributed by atoms with Crippen LogP contribution in [-0.4, -0.2) is 16.5 Å². The van der Waals surface area contributed by atoms with E-state index < -0.39 is 4.92 Å². The highest BCUT2D eigenvalue weighted by molar-refractivity contribution is 8.08. The molecule has 0 atom stereocenters. The Bertz CT molecular complexity index is 469. The molecule has 1 rings (SSSR count). The van der Waals surface area contributed by atoms with Crippen molar-refractivity contribution >= 4 is 28.1 Å². The lowest BCUT2D eigenvalue weighted by Gasteiger charge is -2.05. The number of benzene rings is 1. The molecule has 0 unspecified atom stereocenters. The van der Waals surface area contributed by atoms with Gasteiger partial charge in [0.15, 0.2) is 5.78 Å². The molecule has 0 aliphatic carbocycles. The summed E-state index contributed by atoms with van der Waals surface area (Å²) in [5.41, 5.74) is 0.745. The van der Waals surface area contributed by atoms with E-state index in [0.717, 1.165) is 10.7 Å². The largest absolute Gasteiger partial charge is 0.295 e. The summed E-state index contributed by atoms with van der Waals surface area (Å²) >= 11 is 1.50. The first kappa shape index (κ1) is 13.4. The molecule has 90 valence electrons. The van der Waals surface area contributed by atoms with Gasteiger partial charge in [0, 0.05) is 17.0 Å². The highest BCUT2D eigenvalue weighted by Gasteiger charge is 2.09. The van der Waals surface area contributed by atoms with E-state index in [9.17, 15) is 14.9 Å². The van der Waals surface area contributed by atoms with Crippen molar-refractivity contribution < 1.29 is 9.72 Å². The molecule has 0 saturated heterocycles. The van der Waals surface area contributed by atoms with Crippen molar-refractivity contribution in [3.8, 4) is 0 Å². The van der Waals surface area contributed by atoms with E-state index in [1.54, 1.807) is 12.1 Å². The van der Waals surface area contributed by atoms with E-state index in [1.807, 2.05) is 6.92 Å². The fourth-order valence-electron chi connectivity index (χ4n) is 1.32. The molecular weight excluding hydrogens is 238 g/mol. The normalized spacial score (nSPS) is 11.3. The molecule has 0 fully saturated rings. The van der Waals surface area contributed by atoms with Gasteiger partial charge in [0.25, 0.3) is 5.69 Å². The van der Waals surface area contributed by atoms with Crippen LogP contribution in [0.25, 0.3) is 4.91 Å². The van der Waals surface area contributed by atoms with Crippen LogP contribution in [0.1, 0.15) is 19.4 Å². The molecule has 0 aromatic heterocycles. The topological polar surface area (TPSA) is 60.2 Å². The van der Waals surface area contributed by atoms with Crippen LogP contribution in [0.3, 0.4) is 0 Å². The lowest BCUT2D eigenvalue weighted by Crippen LogP contribution is -1.91. The lowest BCUT2D eigenvalue weighted by molar-refractivity contribution is -0.384. The first-order chi connectivity index (χ1) is 8.04. The molecule has 5 heteroatoms. The van der Waals surface area contributed by atoms with Crippen LogP contribution in [0.15, 0.2) is 30.3 Å². The molecule has 0 aliphatic heterocycles. The number of thioether (sulfide) groups is 1. The van der Waals surface area contributed by atoms with Crippen molar-refractivity contribution in [3.63, 3.8) is 0 Å². The zero-order valence-corrected chi connectivity index (χ0v) is 10.5. The molecule has 0 radical (unpaired) electrons. The summed E-state index contributed by atoms with van der Waals surface area (Å²) in [6, 6.07) is 6.31. The highest BCUT2D eigenvalue weighted by atomic mass is 32.2. The van der Waals surface area contributed by atoms with E-state index in [-0.39, 0.29) is 11.5 Å². The Hall–Kier alpha value is -1.62. The molecule has 4 nitrogen and oxygen atoms in total. The second kappa shape index (κ2) is 6.20. The minimum Gasteiger partial charge on any atom is -0.295 e. The first-order valence-electron chi connectivity index (χ1n) is 5.14. The quantitative estimate of drug-likeness (QED) is 0.457. The van der Waals surface area contributed by atoms with Crippen LogP contribution in [0.4, 0.5) is 5.69 Å². The maximum Gasteiger partial charge on any atom is 0.270 e. The number of ketones is 1. The van der Waals surface area contributed by atoms with Crippen molar-refractivity contribution in [1.29, 1.82) is 0 Å². The number of non-ortho nitro benzene ring substituents is 1. The molecule has 0 amide bonds. The molecule has 0 heterocycles. The summed E-state index contributed by atoms with van der Waals surface area (Å²) in [5, 5.41) is 10.7. The molecule has 1 aromatic rings. The van der Waals surface area contributed by atoms with Gasteiger partial charge in [0.1, 0.15) is 0 Å². The Morgan fingerprint density at radius 1 is 1.53 bits per heavy atom. The van der Waals surface area contributed by atoms with Gasteiger partial charge in [-0.3, -0.25) is 14.9 Å². The van der Waals surface area contributed by atoms with E-state index >= 15 is 0 Å². The van der Waals surface area contributed by atoms with Gasteiger partial charge in [0.05, 0.1) is 4.92 Å². The number of nitro groups is 1. The lowest BCUT2D eigenvalue weighted by atomic mass is 10.1. The van der Waals surface area contributed by atoms with Gasteiger partial charge in [-0.05, 0) is 24.3 Å². The Kier molecular flexibility index (Phi) is 4.90. The summed E-state index contributed by atoms with van der Waals surface area (Å²) in [6.07, 6.45) is 1.51. The van der Waals surface area contributed by atoms with Crippen molar-refractivity contribution in [3.05, 3.63) is 46.0 Å². The summed E-state index contributed by atoms with van der Waals surface area (Å²) in [6.45, 7) is 3.43. The number of hydrogen-bond acceptors (Lipinski definition) is 4. The Balaban J connectivity index is 3.14. The van der Waals surface area contributed by atoms with Crippen LogP contribution >= 0.6 is 11.8 Å². The Labute approximate surface area is 104 Å². The number of rotatable bonds is 5. The van der Waals surface area contributed by atoms with Crippen LogP contribution in [0, 0.1) is 10.1 Å². The maximum absolute atomic E-state index is 11.1. The van der Waals surface area contributed by atoms with Gasteiger partial charge in [-0.15, -0.1) is 11.8 Å². The third kappa shape index (κ3) is 4.03. The van der Waals surface area contributed by atoms with Gasteiger partial charge in [-0.25, -0.2) is 0 Å². The Morgan fingerprint density at radius 2 is 2.24 bits per heavy atom. The van der Waals surface area contributed by atoms with Gasteiger partial charge < -0.3 is 0 Å². The molecule has 17 heavy (non-hydrogen) atoms. The SMILES string of the molecule is CCS/C(=C/C(C)=O)c1cccc([N+](=O)[O-])c1. The molecule has 1 aromatic carbocycles. The number of nitro benzene ring substituents is 1.